The van der Waals surface area contributed by atoms with Crippen molar-refractivity contribution in [1.82, 2.24) is 35.0 Å². The molecule has 44 heavy (non-hydrogen) atoms. The van der Waals surface area contributed by atoms with Crippen LogP contribution in [0.2, 0.25) is 0 Å². The Morgan fingerprint density at radius 2 is 1.75 bits per heavy atom. The van der Waals surface area contributed by atoms with Gasteiger partial charge >= 0.3 is 0 Å². The lowest BCUT2D eigenvalue weighted by Crippen LogP contribution is -2.59. The fourth-order valence-electron chi connectivity index (χ4n) is 7.47. The maximum atomic E-state index is 14.3. The average Bonchev–Trinajstić information content (AvgIpc) is 3.41. The van der Waals surface area contributed by atoms with Gasteiger partial charge in [0.25, 0.3) is 0 Å². The van der Waals surface area contributed by atoms with Crippen LogP contribution < -0.4 is 10.6 Å². The van der Waals surface area contributed by atoms with E-state index in [1.54, 1.807) is 4.90 Å². The van der Waals surface area contributed by atoms with Crippen LogP contribution in [0.4, 0.5) is 0 Å². The van der Waals surface area contributed by atoms with E-state index in [9.17, 15) is 14.4 Å². The first-order valence-electron chi connectivity index (χ1n) is 16.4. The minimum atomic E-state index is -0.595. The molecule has 4 fully saturated rings. The molecule has 232 valence electrons. The first-order valence-corrected chi connectivity index (χ1v) is 16.4. The molecule has 7 rings (SSSR count). The van der Waals surface area contributed by atoms with Crippen molar-refractivity contribution >= 4 is 23.4 Å². The predicted molar refractivity (Wildman–Crippen MR) is 166 cm³/mol. The Balaban J connectivity index is 1.08. The number of nitrogens with one attached hydrogen (secondary N) is 2. The summed E-state index contributed by atoms with van der Waals surface area (Å²) >= 11 is 0. The van der Waals surface area contributed by atoms with E-state index in [-0.39, 0.29) is 29.6 Å². The maximum Gasteiger partial charge on any atom is 0.243 e. The second-order valence-corrected chi connectivity index (χ2v) is 13.3. The first kappa shape index (κ1) is 29.0. The number of fused-ring (bicyclic) bond motifs is 1. The molecule has 3 aromatic rings. The van der Waals surface area contributed by atoms with Crippen molar-refractivity contribution in [2.75, 3.05) is 26.2 Å². The maximum absolute atomic E-state index is 14.3. The zero-order valence-electron chi connectivity index (χ0n) is 25.6. The Labute approximate surface area is 258 Å². The molecule has 10 nitrogen and oxygen atoms in total. The number of rotatable bonds is 8. The summed E-state index contributed by atoms with van der Waals surface area (Å²) in [5.74, 6) is 1.11. The van der Waals surface area contributed by atoms with Crippen LogP contribution in [-0.4, -0.2) is 80.4 Å². The third kappa shape index (κ3) is 5.96. The van der Waals surface area contributed by atoms with Gasteiger partial charge in [-0.05, 0) is 105 Å². The Bertz CT molecular complexity index is 1530. The van der Waals surface area contributed by atoms with Gasteiger partial charge in [-0.1, -0.05) is 24.3 Å². The number of nitrogens with zero attached hydrogens (tertiary/aromatic N) is 5. The third-order valence-corrected chi connectivity index (χ3v) is 10.1. The number of carbonyl (C=O) groups is 3. The normalized spacial score (nSPS) is 25.5. The Kier molecular flexibility index (Phi) is 8.10. The highest BCUT2D eigenvalue weighted by molar-refractivity contribution is 5.94. The number of likely N-dealkylation sites (tertiary alicyclic amines) is 2. The van der Waals surface area contributed by atoms with E-state index in [0.717, 1.165) is 55.8 Å². The van der Waals surface area contributed by atoms with Gasteiger partial charge in [-0.25, -0.2) is 0 Å². The summed E-state index contributed by atoms with van der Waals surface area (Å²) in [5, 5.41) is 14.8. The molecule has 4 atom stereocenters. The fraction of sp³-hybridized carbons (Fsp3) is 0.559. The van der Waals surface area contributed by atoms with E-state index >= 15 is 0 Å². The molecule has 1 saturated carbocycles. The Morgan fingerprint density at radius 1 is 0.955 bits per heavy atom. The van der Waals surface area contributed by atoms with Gasteiger partial charge in [-0.2, -0.15) is 0 Å². The van der Waals surface area contributed by atoms with Gasteiger partial charge in [0.05, 0.1) is 12.0 Å². The molecule has 1 aromatic carbocycles. The number of amides is 3. The number of carbonyl (C=O) groups excluding carboxylic acids is 3. The summed E-state index contributed by atoms with van der Waals surface area (Å²) in [6.07, 6.45) is 9.49. The average molecular weight is 598 g/mol. The van der Waals surface area contributed by atoms with E-state index < -0.39 is 12.1 Å². The third-order valence-electron chi connectivity index (χ3n) is 10.1. The largest absolute Gasteiger partial charge is 0.350 e. The topological polar surface area (TPSA) is 112 Å². The smallest absolute Gasteiger partial charge is 0.243 e. The van der Waals surface area contributed by atoms with Crippen LogP contribution in [0.1, 0.15) is 73.4 Å². The highest BCUT2D eigenvalue weighted by atomic mass is 16.2. The van der Waals surface area contributed by atoms with Gasteiger partial charge in [0.15, 0.2) is 5.65 Å². The SMILES string of the molecule is Cc1nnc2cc(CNC(=O)[C@@H]3C[C@@H](Cc4ccc(C5CC5)cc4)CN3C(=O)[C@@H]3NCCC[C@@H]3C(=O)N3CCCC3)ccn12. The van der Waals surface area contributed by atoms with E-state index in [2.05, 4.69) is 45.1 Å². The van der Waals surface area contributed by atoms with E-state index in [1.807, 2.05) is 34.6 Å². The van der Waals surface area contributed by atoms with Gasteiger partial charge in [0.1, 0.15) is 11.9 Å². The summed E-state index contributed by atoms with van der Waals surface area (Å²) < 4.78 is 1.90. The summed E-state index contributed by atoms with van der Waals surface area (Å²) in [6.45, 7) is 4.99. The van der Waals surface area contributed by atoms with Crippen LogP contribution in [0.15, 0.2) is 42.6 Å². The van der Waals surface area contributed by atoms with Crippen molar-refractivity contribution in [1.29, 1.82) is 0 Å². The van der Waals surface area contributed by atoms with Crippen molar-refractivity contribution in [2.24, 2.45) is 11.8 Å². The number of hydrogen-bond acceptors (Lipinski definition) is 6. The highest BCUT2D eigenvalue weighted by Crippen LogP contribution is 2.40. The lowest BCUT2D eigenvalue weighted by molar-refractivity contribution is -0.146. The lowest BCUT2D eigenvalue weighted by atomic mass is 9.88. The summed E-state index contributed by atoms with van der Waals surface area (Å²) in [5.41, 5.74) is 4.30. The molecule has 0 radical (unpaired) electrons. The molecule has 2 N–H and O–H groups in total. The Morgan fingerprint density at radius 3 is 2.52 bits per heavy atom. The minimum absolute atomic E-state index is 0.0830. The van der Waals surface area contributed by atoms with Crippen LogP contribution in [0.3, 0.4) is 0 Å². The van der Waals surface area contributed by atoms with Crippen molar-refractivity contribution in [3.63, 3.8) is 0 Å². The number of hydrogen-bond donors (Lipinski definition) is 2. The molecule has 3 saturated heterocycles. The van der Waals surface area contributed by atoms with Gasteiger partial charge < -0.3 is 20.4 Å². The molecule has 5 heterocycles. The minimum Gasteiger partial charge on any atom is -0.350 e. The molecule has 10 heteroatoms. The van der Waals surface area contributed by atoms with Gasteiger partial charge in [-0.15, -0.1) is 10.2 Å². The molecule has 4 aliphatic rings. The number of pyridine rings is 1. The van der Waals surface area contributed by atoms with Crippen LogP contribution in [-0.2, 0) is 27.3 Å². The van der Waals surface area contributed by atoms with Gasteiger partial charge in [0.2, 0.25) is 17.7 Å². The molecule has 1 aliphatic carbocycles. The number of aromatic nitrogens is 3. The summed E-state index contributed by atoms with van der Waals surface area (Å²) in [4.78, 5) is 45.3. The van der Waals surface area contributed by atoms with Crippen molar-refractivity contribution in [3.8, 4) is 0 Å². The van der Waals surface area contributed by atoms with Crippen molar-refractivity contribution < 1.29 is 14.4 Å². The summed E-state index contributed by atoms with van der Waals surface area (Å²) in [6, 6.07) is 11.6. The van der Waals surface area contributed by atoms with Crippen molar-refractivity contribution in [3.05, 3.63) is 65.1 Å². The molecule has 3 aliphatic heterocycles. The lowest BCUT2D eigenvalue weighted by Gasteiger charge is -2.36. The number of benzene rings is 1. The quantitative estimate of drug-likeness (QED) is 0.413. The monoisotopic (exact) mass is 597 g/mol. The van der Waals surface area contributed by atoms with Crippen LogP contribution in [0.5, 0.6) is 0 Å². The zero-order chi connectivity index (χ0) is 30.2. The van der Waals surface area contributed by atoms with Crippen molar-refractivity contribution in [2.45, 2.75) is 82.8 Å². The van der Waals surface area contributed by atoms with E-state index in [0.29, 0.717) is 38.4 Å². The van der Waals surface area contributed by atoms with Crippen LogP contribution >= 0.6 is 0 Å². The number of aryl methyl sites for hydroxylation is 1. The molecule has 2 aromatic heterocycles. The molecule has 0 spiro atoms. The van der Waals surface area contributed by atoms with E-state index in [4.69, 9.17) is 0 Å². The standard InChI is InChI=1S/C34H43N7O3/c1-22-37-38-30-19-24(12-16-40(22)30)20-36-32(42)29-18-25(17-23-6-8-26(9-7-23)27-10-11-27)21-41(29)34(44)31-28(5-4-13-35-31)33(43)39-14-2-3-15-39/h6-9,12,16,19,25,27-29,31,35H,2-5,10-11,13-15,17-18,20-21H2,1H3,(H,36,42)/t25-,28+,29+,31-/m1/s1. The summed E-state index contributed by atoms with van der Waals surface area (Å²) in [7, 11) is 0. The molecular formula is C34H43N7O3. The number of piperidine rings is 1. The van der Waals surface area contributed by atoms with Gasteiger partial charge in [0, 0.05) is 32.4 Å². The van der Waals surface area contributed by atoms with Crippen LogP contribution in [0.25, 0.3) is 5.65 Å². The second-order valence-electron chi connectivity index (χ2n) is 13.3. The zero-order valence-corrected chi connectivity index (χ0v) is 25.6. The van der Waals surface area contributed by atoms with E-state index in [1.165, 1.54) is 24.0 Å². The molecule has 0 unspecified atom stereocenters. The molecule has 3 amide bonds. The van der Waals surface area contributed by atoms with Gasteiger partial charge in [-0.3, -0.25) is 18.8 Å². The predicted octanol–water partition coefficient (Wildman–Crippen LogP) is 2.98. The molecular weight excluding hydrogens is 554 g/mol. The fourth-order valence-corrected chi connectivity index (χ4v) is 7.47. The Hall–Kier alpha value is -3.79. The highest BCUT2D eigenvalue weighted by Gasteiger charge is 2.46. The second kappa shape index (κ2) is 12.3. The van der Waals surface area contributed by atoms with Crippen LogP contribution in [0, 0.1) is 18.8 Å². The molecule has 0 bridgehead atoms. The first-order chi connectivity index (χ1) is 21.4.